The Bertz CT molecular complexity index is 721. The van der Waals surface area contributed by atoms with Crippen molar-refractivity contribution in [3.63, 3.8) is 0 Å². The zero-order valence-corrected chi connectivity index (χ0v) is 11.4. The molecule has 8 heteroatoms. The number of phenolic OH excluding ortho intramolecular Hbond substituents is 2. The van der Waals surface area contributed by atoms with E-state index < -0.39 is 0 Å². The molecule has 0 unspecified atom stereocenters. The smallest absolute Gasteiger partial charge is 0.180 e. The first-order chi connectivity index (χ1) is 10.8. The first kappa shape index (κ1) is 15.0. The third kappa shape index (κ3) is 4.93. The van der Waals surface area contributed by atoms with Crippen LogP contribution in [0.15, 0.2) is 66.2 Å². The van der Waals surface area contributed by atoms with Crippen molar-refractivity contribution in [2.45, 2.75) is 0 Å². The number of nitrogens with one attached hydrogen (secondary N) is 1. The zero-order valence-electron chi connectivity index (χ0n) is 11.4. The summed E-state index contributed by atoms with van der Waals surface area (Å²) in [7, 11) is 0. The minimum atomic E-state index is 0.0880. The molecule has 0 aliphatic rings. The van der Waals surface area contributed by atoms with E-state index >= 15 is 0 Å². The molecule has 0 atom stereocenters. The fourth-order valence-electron chi connectivity index (χ4n) is 1.36. The number of nitrogens with zero attached hydrogens (tertiary/aromatic N) is 4. The van der Waals surface area contributed by atoms with Crippen molar-refractivity contribution in [2.24, 2.45) is 0 Å². The Balaban J connectivity index is 0.000000125. The van der Waals surface area contributed by atoms with Gasteiger partial charge in [-0.2, -0.15) is 0 Å². The molecule has 3 heterocycles. The van der Waals surface area contributed by atoms with Gasteiger partial charge in [0, 0.05) is 6.07 Å². The quantitative estimate of drug-likeness (QED) is 0.454. The van der Waals surface area contributed by atoms with Crippen LogP contribution in [0, 0.1) is 0 Å². The van der Waals surface area contributed by atoms with Gasteiger partial charge in [0.1, 0.15) is 29.6 Å². The van der Waals surface area contributed by atoms with Crippen LogP contribution in [0.1, 0.15) is 0 Å². The number of fused-ring (bicyclic) bond motifs is 1. The third-order valence-electron chi connectivity index (χ3n) is 2.28. The standard InChI is InChI=1S/C6H6O2.C5H4N4.C3H3NO/c7-5-2-1-3-6(8)4-5;1-4-5(8-2-6-1)9-3-7-4;1-2-4-5-3-1/h1-4,7-8H;1-3H,(H,6,7,8,9);1-3H. The van der Waals surface area contributed by atoms with E-state index in [-0.39, 0.29) is 11.5 Å². The van der Waals surface area contributed by atoms with Crippen molar-refractivity contribution < 1.29 is 14.7 Å². The van der Waals surface area contributed by atoms with Gasteiger partial charge in [-0.05, 0) is 18.2 Å². The van der Waals surface area contributed by atoms with E-state index in [0.29, 0.717) is 5.65 Å². The summed E-state index contributed by atoms with van der Waals surface area (Å²) in [4.78, 5) is 14.5. The number of aromatic nitrogens is 5. The van der Waals surface area contributed by atoms with Gasteiger partial charge in [0.05, 0.1) is 18.7 Å². The second kappa shape index (κ2) is 8.00. The van der Waals surface area contributed by atoms with Gasteiger partial charge in [-0.1, -0.05) is 11.2 Å². The summed E-state index contributed by atoms with van der Waals surface area (Å²) in [6, 6.07) is 7.57. The Morgan fingerprint density at radius 1 is 1.05 bits per heavy atom. The lowest BCUT2D eigenvalue weighted by molar-refractivity contribution is 0.420. The fraction of sp³-hybridized carbons (Fsp3) is 0. The van der Waals surface area contributed by atoms with Gasteiger partial charge in [-0.25, -0.2) is 15.0 Å². The highest BCUT2D eigenvalue weighted by Crippen LogP contribution is 2.14. The van der Waals surface area contributed by atoms with Crippen LogP contribution >= 0.6 is 0 Å². The van der Waals surface area contributed by atoms with Gasteiger partial charge < -0.3 is 19.7 Å². The van der Waals surface area contributed by atoms with E-state index in [4.69, 9.17) is 10.2 Å². The van der Waals surface area contributed by atoms with Gasteiger partial charge in [-0.15, -0.1) is 0 Å². The van der Waals surface area contributed by atoms with Crippen LogP contribution in [-0.2, 0) is 0 Å². The average molecular weight is 299 g/mol. The Hall–Kier alpha value is -3.42. The number of hydrogen-bond donors (Lipinski definition) is 3. The molecule has 0 fully saturated rings. The molecular formula is C14H13N5O3. The molecule has 4 aromatic rings. The van der Waals surface area contributed by atoms with Gasteiger partial charge in [0.15, 0.2) is 5.65 Å². The number of benzene rings is 1. The highest BCUT2D eigenvalue weighted by Gasteiger charge is 1.91. The number of phenols is 2. The van der Waals surface area contributed by atoms with Crippen LogP contribution in [0.25, 0.3) is 11.2 Å². The maximum absolute atomic E-state index is 8.65. The van der Waals surface area contributed by atoms with E-state index in [1.807, 2.05) is 0 Å². The van der Waals surface area contributed by atoms with Crippen molar-refractivity contribution in [1.29, 1.82) is 0 Å². The molecule has 3 N–H and O–H groups in total. The molecule has 0 bridgehead atoms. The van der Waals surface area contributed by atoms with Crippen LogP contribution < -0.4 is 0 Å². The first-order valence-corrected chi connectivity index (χ1v) is 6.17. The Morgan fingerprint density at radius 2 is 1.86 bits per heavy atom. The van der Waals surface area contributed by atoms with E-state index in [9.17, 15) is 0 Å². The molecule has 112 valence electrons. The predicted octanol–water partition coefficient (Wildman–Crippen LogP) is 2.13. The van der Waals surface area contributed by atoms with Gasteiger partial charge >= 0.3 is 0 Å². The molecule has 0 aliphatic heterocycles. The fourth-order valence-corrected chi connectivity index (χ4v) is 1.36. The molecule has 0 radical (unpaired) electrons. The molecule has 8 nitrogen and oxygen atoms in total. The largest absolute Gasteiger partial charge is 0.508 e. The summed E-state index contributed by atoms with van der Waals surface area (Å²) >= 11 is 0. The summed E-state index contributed by atoms with van der Waals surface area (Å²) in [6.45, 7) is 0. The number of hydrogen-bond acceptors (Lipinski definition) is 7. The summed E-state index contributed by atoms with van der Waals surface area (Å²) in [5, 5.41) is 20.7. The van der Waals surface area contributed by atoms with Crippen molar-refractivity contribution in [3.05, 3.63) is 61.6 Å². The first-order valence-electron chi connectivity index (χ1n) is 6.17. The van der Waals surface area contributed by atoms with Gasteiger partial charge in [-0.3, -0.25) is 0 Å². The van der Waals surface area contributed by atoms with Crippen LogP contribution in [0.4, 0.5) is 0 Å². The van der Waals surface area contributed by atoms with E-state index in [2.05, 4.69) is 29.6 Å². The van der Waals surface area contributed by atoms with Gasteiger partial charge in [0.2, 0.25) is 0 Å². The summed E-state index contributed by atoms with van der Waals surface area (Å²) in [5.41, 5.74) is 1.59. The minimum Gasteiger partial charge on any atom is -0.508 e. The Morgan fingerprint density at radius 3 is 2.36 bits per heavy atom. The molecule has 0 amide bonds. The topological polar surface area (TPSA) is 121 Å². The molecule has 0 spiro atoms. The van der Waals surface area contributed by atoms with E-state index in [1.165, 1.54) is 30.8 Å². The Kier molecular flexibility index (Phi) is 5.45. The van der Waals surface area contributed by atoms with E-state index in [0.717, 1.165) is 5.52 Å². The highest BCUT2D eigenvalue weighted by molar-refractivity contribution is 5.67. The Labute approximate surface area is 125 Å². The van der Waals surface area contributed by atoms with Crippen LogP contribution in [0.5, 0.6) is 11.5 Å². The maximum Gasteiger partial charge on any atom is 0.180 e. The molecule has 0 saturated carbocycles. The zero-order chi connectivity index (χ0) is 15.6. The second-order valence-corrected chi connectivity index (χ2v) is 3.87. The van der Waals surface area contributed by atoms with Crippen LogP contribution in [0.3, 0.4) is 0 Å². The molecule has 0 saturated heterocycles. The predicted molar refractivity (Wildman–Crippen MR) is 78.0 cm³/mol. The lowest BCUT2D eigenvalue weighted by atomic mass is 10.3. The average Bonchev–Trinajstić information content (AvgIpc) is 3.22. The molecule has 0 aliphatic carbocycles. The van der Waals surface area contributed by atoms with E-state index in [1.54, 1.807) is 30.9 Å². The number of rotatable bonds is 0. The summed E-state index contributed by atoms with van der Waals surface area (Å²) < 4.78 is 4.33. The lowest BCUT2D eigenvalue weighted by Crippen LogP contribution is -1.76. The SMILES string of the molecule is Oc1cccc(O)c1.c1cnoc1.c1ncc2[nH]cnc2n1. The van der Waals surface area contributed by atoms with Crippen molar-refractivity contribution in [3.8, 4) is 11.5 Å². The van der Waals surface area contributed by atoms with Crippen molar-refractivity contribution in [2.75, 3.05) is 0 Å². The molecule has 4 rings (SSSR count). The monoisotopic (exact) mass is 299 g/mol. The molecule has 1 aromatic carbocycles. The number of H-pyrrole nitrogens is 1. The summed E-state index contributed by atoms with van der Waals surface area (Å²) in [5.74, 6) is 0.176. The van der Waals surface area contributed by atoms with Gasteiger partial charge in [0.25, 0.3) is 0 Å². The number of imidazole rings is 1. The van der Waals surface area contributed by atoms with Crippen molar-refractivity contribution in [1.82, 2.24) is 25.1 Å². The highest BCUT2D eigenvalue weighted by atomic mass is 16.5. The second-order valence-electron chi connectivity index (χ2n) is 3.87. The van der Waals surface area contributed by atoms with Crippen LogP contribution in [-0.4, -0.2) is 35.3 Å². The maximum atomic E-state index is 8.65. The number of aromatic amines is 1. The van der Waals surface area contributed by atoms with Crippen LogP contribution in [0.2, 0.25) is 0 Å². The molecule has 3 aromatic heterocycles. The summed E-state index contributed by atoms with van der Waals surface area (Å²) in [6.07, 6.45) is 7.86. The molecular weight excluding hydrogens is 286 g/mol. The van der Waals surface area contributed by atoms with Crippen molar-refractivity contribution >= 4 is 11.2 Å². The lowest BCUT2D eigenvalue weighted by Gasteiger charge is -1.89. The number of aromatic hydroxyl groups is 2. The molecule has 22 heavy (non-hydrogen) atoms. The normalized spacial score (nSPS) is 9.27. The third-order valence-corrected chi connectivity index (χ3v) is 2.28. The minimum absolute atomic E-state index is 0.0880.